The highest BCUT2D eigenvalue weighted by Gasteiger charge is 2.24. The summed E-state index contributed by atoms with van der Waals surface area (Å²) in [4.78, 5) is 12.8. The lowest BCUT2D eigenvalue weighted by atomic mass is 9.98. The Bertz CT molecular complexity index is 1010. The average molecular weight is 294 g/mol. The maximum atomic E-state index is 12.8. The second kappa shape index (κ2) is 4.13. The van der Waals surface area contributed by atoms with E-state index in [4.69, 9.17) is 9.15 Å². The van der Waals surface area contributed by atoms with E-state index in [-0.39, 0.29) is 11.2 Å². The van der Waals surface area contributed by atoms with Crippen LogP contribution in [0.25, 0.3) is 28.0 Å². The van der Waals surface area contributed by atoms with Crippen molar-refractivity contribution in [3.63, 3.8) is 0 Å². The predicted molar refractivity (Wildman–Crippen MR) is 85.4 cm³/mol. The summed E-state index contributed by atoms with van der Waals surface area (Å²) in [6.45, 7) is 3.92. The van der Waals surface area contributed by atoms with E-state index in [9.17, 15) is 9.90 Å². The van der Waals surface area contributed by atoms with Crippen molar-refractivity contribution in [1.82, 2.24) is 0 Å². The molecule has 1 N–H and O–H groups in total. The lowest BCUT2D eigenvalue weighted by molar-refractivity contribution is 0.159. The molecule has 2 aromatic carbocycles. The van der Waals surface area contributed by atoms with Crippen molar-refractivity contribution >= 4 is 28.0 Å². The first kappa shape index (κ1) is 13.0. The maximum absolute atomic E-state index is 12.8. The van der Waals surface area contributed by atoms with E-state index in [1.54, 1.807) is 18.2 Å². The van der Waals surface area contributed by atoms with Gasteiger partial charge in [-0.1, -0.05) is 6.08 Å². The molecule has 0 atom stereocenters. The van der Waals surface area contributed by atoms with Crippen LogP contribution in [0.15, 0.2) is 45.6 Å². The predicted octanol–water partition coefficient (Wildman–Crippen LogP) is 3.84. The quantitative estimate of drug-likeness (QED) is 0.640. The molecule has 0 spiro atoms. The number of benzene rings is 2. The lowest BCUT2D eigenvalue weighted by Crippen LogP contribution is -2.27. The third-order valence-corrected chi connectivity index (χ3v) is 3.85. The van der Waals surface area contributed by atoms with Gasteiger partial charge in [0, 0.05) is 11.6 Å². The minimum Gasteiger partial charge on any atom is -0.508 e. The van der Waals surface area contributed by atoms with E-state index >= 15 is 0 Å². The van der Waals surface area contributed by atoms with E-state index in [0.717, 1.165) is 5.56 Å². The van der Waals surface area contributed by atoms with Gasteiger partial charge in [0.25, 0.3) is 0 Å². The van der Waals surface area contributed by atoms with Crippen LogP contribution >= 0.6 is 0 Å². The van der Waals surface area contributed by atoms with Crippen LogP contribution in [0, 0.1) is 0 Å². The Hall–Kier alpha value is -2.75. The Balaban J connectivity index is 2.14. The van der Waals surface area contributed by atoms with Crippen LogP contribution < -0.4 is 10.2 Å². The number of ether oxygens (including phenoxy) is 1. The van der Waals surface area contributed by atoms with Crippen molar-refractivity contribution in [2.24, 2.45) is 0 Å². The van der Waals surface area contributed by atoms with Crippen LogP contribution in [0.4, 0.5) is 0 Å². The number of hydrogen-bond acceptors (Lipinski definition) is 4. The molecule has 0 saturated carbocycles. The van der Waals surface area contributed by atoms with Gasteiger partial charge in [-0.3, -0.25) is 4.79 Å². The van der Waals surface area contributed by atoms with Gasteiger partial charge in [-0.05, 0) is 44.2 Å². The fraction of sp³-hybridized carbons (Fsp3) is 0.167. The van der Waals surface area contributed by atoms with Gasteiger partial charge in [-0.15, -0.1) is 0 Å². The molecule has 22 heavy (non-hydrogen) atoms. The van der Waals surface area contributed by atoms with Crippen molar-refractivity contribution in [1.29, 1.82) is 0 Å². The molecule has 0 unspecified atom stereocenters. The zero-order chi connectivity index (χ0) is 15.5. The highest BCUT2D eigenvalue weighted by Crippen LogP contribution is 2.35. The van der Waals surface area contributed by atoms with Crippen LogP contribution in [-0.4, -0.2) is 10.7 Å². The molecule has 0 fully saturated rings. The molecule has 0 bridgehead atoms. The molecule has 110 valence electrons. The standard InChI is InChI=1S/C18H14O4/c1-18(2)8-7-11-13(22-18)5-6-14-16(11)17(20)12-4-3-10(19)9-15(12)21-14/h3-9,19H,1-2H3. The summed E-state index contributed by atoms with van der Waals surface area (Å²) in [7, 11) is 0. The van der Waals surface area contributed by atoms with Crippen molar-refractivity contribution < 1.29 is 14.3 Å². The van der Waals surface area contributed by atoms with Gasteiger partial charge in [0.1, 0.15) is 28.3 Å². The van der Waals surface area contributed by atoms with Gasteiger partial charge < -0.3 is 14.3 Å². The highest BCUT2D eigenvalue weighted by molar-refractivity contribution is 5.96. The largest absolute Gasteiger partial charge is 0.508 e. The van der Waals surface area contributed by atoms with E-state index in [1.807, 2.05) is 26.0 Å². The van der Waals surface area contributed by atoms with Crippen molar-refractivity contribution in [3.8, 4) is 11.5 Å². The Morgan fingerprint density at radius 2 is 1.91 bits per heavy atom. The zero-order valence-electron chi connectivity index (χ0n) is 12.2. The third kappa shape index (κ3) is 1.80. The Morgan fingerprint density at radius 1 is 1.09 bits per heavy atom. The molecule has 4 nitrogen and oxygen atoms in total. The number of aromatic hydroxyl groups is 1. The Kier molecular flexibility index (Phi) is 2.43. The number of phenolic OH excluding ortho intramolecular Hbond substituents is 1. The fourth-order valence-electron chi connectivity index (χ4n) is 2.79. The van der Waals surface area contributed by atoms with Gasteiger partial charge >= 0.3 is 0 Å². The number of rotatable bonds is 0. The summed E-state index contributed by atoms with van der Waals surface area (Å²) in [5.74, 6) is 0.739. The molecule has 0 saturated heterocycles. The van der Waals surface area contributed by atoms with Gasteiger partial charge in [0.2, 0.25) is 5.43 Å². The van der Waals surface area contributed by atoms with E-state index in [2.05, 4.69) is 0 Å². The zero-order valence-corrected chi connectivity index (χ0v) is 12.2. The summed E-state index contributed by atoms with van der Waals surface area (Å²) in [6.07, 6.45) is 3.83. The first-order valence-corrected chi connectivity index (χ1v) is 7.05. The molecule has 0 amide bonds. The summed E-state index contributed by atoms with van der Waals surface area (Å²) in [5, 5.41) is 10.5. The fourth-order valence-corrected chi connectivity index (χ4v) is 2.79. The van der Waals surface area contributed by atoms with Crippen molar-refractivity contribution in [2.45, 2.75) is 19.4 Å². The molecule has 2 heterocycles. The normalized spacial score (nSPS) is 15.7. The van der Waals surface area contributed by atoms with Crippen molar-refractivity contribution in [2.75, 3.05) is 0 Å². The van der Waals surface area contributed by atoms with Crippen LogP contribution in [0.3, 0.4) is 0 Å². The van der Waals surface area contributed by atoms with E-state index < -0.39 is 5.60 Å². The molecular weight excluding hydrogens is 280 g/mol. The van der Waals surface area contributed by atoms with Gasteiger partial charge in [0.15, 0.2) is 0 Å². The lowest BCUT2D eigenvalue weighted by Gasteiger charge is -2.28. The number of hydrogen-bond donors (Lipinski definition) is 1. The van der Waals surface area contributed by atoms with Gasteiger partial charge in [-0.2, -0.15) is 0 Å². The smallest absolute Gasteiger partial charge is 0.201 e. The molecule has 1 aromatic heterocycles. The number of fused-ring (bicyclic) bond motifs is 4. The van der Waals surface area contributed by atoms with Crippen LogP contribution in [0.5, 0.6) is 11.5 Å². The second-order valence-electron chi connectivity index (χ2n) is 6.00. The highest BCUT2D eigenvalue weighted by atomic mass is 16.5. The van der Waals surface area contributed by atoms with Gasteiger partial charge in [-0.25, -0.2) is 0 Å². The monoisotopic (exact) mass is 294 g/mol. The summed E-state index contributed by atoms with van der Waals surface area (Å²) < 4.78 is 11.7. The SMILES string of the molecule is CC1(C)C=Cc2c(ccc3oc4cc(O)ccc4c(=O)c23)O1. The summed E-state index contributed by atoms with van der Waals surface area (Å²) in [6, 6.07) is 8.04. The van der Waals surface area contributed by atoms with Crippen LogP contribution in [0.1, 0.15) is 19.4 Å². The van der Waals surface area contributed by atoms with Crippen LogP contribution in [-0.2, 0) is 0 Å². The van der Waals surface area contributed by atoms with Crippen LogP contribution in [0.2, 0.25) is 0 Å². The minimum atomic E-state index is -0.399. The molecular formula is C18H14O4. The first-order chi connectivity index (χ1) is 10.4. The molecule has 4 heteroatoms. The minimum absolute atomic E-state index is 0.0675. The number of phenols is 1. The summed E-state index contributed by atoms with van der Waals surface area (Å²) in [5.41, 5.74) is 1.07. The summed E-state index contributed by atoms with van der Waals surface area (Å²) >= 11 is 0. The average Bonchev–Trinajstić information content (AvgIpc) is 2.45. The molecule has 1 aliphatic heterocycles. The maximum Gasteiger partial charge on any atom is 0.201 e. The third-order valence-electron chi connectivity index (χ3n) is 3.85. The van der Waals surface area contributed by atoms with E-state index in [0.29, 0.717) is 27.7 Å². The molecule has 0 radical (unpaired) electrons. The van der Waals surface area contributed by atoms with Crippen molar-refractivity contribution in [3.05, 3.63) is 52.2 Å². The Morgan fingerprint density at radius 3 is 2.73 bits per heavy atom. The first-order valence-electron chi connectivity index (χ1n) is 7.05. The van der Waals surface area contributed by atoms with Gasteiger partial charge in [0.05, 0.1) is 10.8 Å². The molecule has 1 aliphatic rings. The molecule has 3 aromatic rings. The second-order valence-corrected chi connectivity index (χ2v) is 6.00. The Labute approximate surface area is 126 Å². The topological polar surface area (TPSA) is 59.7 Å². The van der Waals surface area contributed by atoms with E-state index in [1.165, 1.54) is 12.1 Å². The molecule has 4 rings (SSSR count). The molecule has 0 aliphatic carbocycles.